The second kappa shape index (κ2) is 33.4. The Morgan fingerprint density at radius 3 is 1.08 bits per heavy atom. The third-order valence-corrected chi connectivity index (χ3v) is 24.8. The van der Waals surface area contributed by atoms with E-state index in [0.29, 0.717) is 0 Å². The Balaban J connectivity index is 0.00000127. The predicted molar refractivity (Wildman–Crippen MR) is 354 cm³/mol. The molecular weight excluding hydrogens is 1140 g/mol. The van der Waals surface area contributed by atoms with Crippen LogP contribution in [0, 0.1) is 63.7 Å². The molecule has 8 heterocycles. The van der Waals surface area contributed by atoms with Crippen LogP contribution in [0.1, 0.15) is 170 Å². The molecule has 10 rings (SSSR count). The maximum atomic E-state index is 2.59. The summed E-state index contributed by atoms with van der Waals surface area (Å²) >= 11 is 16.1. The van der Waals surface area contributed by atoms with Gasteiger partial charge in [-0.1, -0.05) is 105 Å². The quantitative estimate of drug-likeness (QED) is 0.0300. The minimum Gasteiger partial charge on any atom is -0.143 e. The van der Waals surface area contributed by atoms with Gasteiger partial charge in [-0.05, 0) is 235 Å². The van der Waals surface area contributed by atoms with E-state index in [2.05, 4.69) is 166 Å². The van der Waals surface area contributed by atoms with E-state index in [-0.39, 0.29) is 17.1 Å². The number of hydrogen-bond donors (Lipinski definition) is 0. The van der Waals surface area contributed by atoms with Crippen molar-refractivity contribution >= 4 is 90.7 Å². The molecule has 0 aliphatic heterocycles. The van der Waals surface area contributed by atoms with Crippen molar-refractivity contribution in [2.75, 3.05) is 0 Å². The Labute approximate surface area is 515 Å². The molecule has 0 N–H and O–H groups in total. The zero-order chi connectivity index (χ0) is 53.0. The van der Waals surface area contributed by atoms with Gasteiger partial charge in [-0.3, -0.25) is 0 Å². The largest absolute Gasteiger partial charge is 2.00 e. The maximum absolute atomic E-state index is 2.59. The van der Waals surface area contributed by atoms with Gasteiger partial charge in [-0.25, -0.2) is 0 Å². The molecule has 8 aromatic rings. The van der Waals surface area contributed by atoms with Crippen LogP contribution in [0.3, 0.4) is 0 Å². The normalized spacial score (nSPS) is 13.7. The molecule has 2 aliphatic rings. The summed E-state index contributed by atoms with van der Waals surface area (Å²) in [4.78, 5) is 21.8. The molecule has 0 unspecified atom stereocenters. The predicted octanol–water partition coefficient (Wildman–Crippen LogP) is 25.1. The Bertz CT molecular complexity index is 2910. The first kappa shape index (κ1) is 62.2. The van der Waals surface area contributed by atoms with E-state index < -0.39 is 0 Å². The summed E-state index contributed by atoms with van der Waals surface area (Å²) in [7, 11) is 0. The van der Waals surface area contributed by atoms with Gasteiger partial charge in [0.1, 0.15) is 0 Å². The van der Waals surface area contributed by atoms with Crippen LogP contribution in [0.2, 0.25) is 0 Å². The van der Waals surface area contributed by atoms with Crippen LogP contribution in [-0.4, -0.2) is 0 Å². The molecule has 8 aromatic heterocycles. The molecule has 0 amide bonds. The smallest absolute Gasteiger partial charge is 0.143 e. The number of thiophene rings is 8. The fourth-order valence-electron chi connectivity index (χ4n) is 10.3. The van der Waals surface area contributed by atoms with E-state index in [1.54, 1.807) is 21.6 Å². The van der Waals surface area contributed by atoms with Gasteiger partial charge >= 0.3 is 17.1 Å². The SMILES string of the molecule is CCCCCCc1ccsc1-c1ccc(-c2ccc(-c3sc(-c4cc(CCCCCC)c(-c5ccc(-c6ccc(-c7sc(CCC[C]8[CH][CH][CH][CH]8)cc7CCCCCC)s6)s5)s4)cc3CCCCCC)s2)s1.[CH]1[CH][CH][CH][CH]1.[Fe+2]. The van der Waals surface area contributed by atoms with E-state index in [4.69, 9.17) is 0 Å². The Morgan fingerprint density at radius 2 is 0.654 bits per heavy atom. The average Bonchev–Trinajstić information content (AvgIpc) is 4.29. The standard InChI is InChI=1S/C64H75S8.C5H5.Fe/c1-5-9-13-17-27-46-40-41-65-61(46)55-36-32-51(67-55)52-34-38-57(69-52)63-48(29-19-15-11-7-3)43-59(71-63)60-44-49(30-20-16-12-8-4)64(72-60)58-39-35-54(70-58)53-33-37-56(68-53)62-47(28-18-14-10-6-2)42-50(66-62)31-23-26-45-24-21-22-25-45;1-2-4-5-3-1;/h21-22,24-25,32-44H,5-20,23,26-31H2,1-4H3;1-5H;/q;;+2. The van der Waals surface area contributed by atoms with E-state index in [1.807, 2.05) is 88.8 Å². The van der Waals surface area contributed by atoms with Gasteiger partial charge in [0.2, 0.25) is 0 Å². The van der Waals surface area contributed by atoms with Crippen LogP contribution in [0.4, 0.5) is 0 Å². The molecule has 2 fully saturated rings. The van der Waals surface area contributed by atoms with Crippen molar-refractivity contribution in [1.29, 1.82) is 0 Å². The number of rotatable bonds is 31. The van der Waals surface area contributed by atoms with E-state index >= 15 is 0 Å². The Morgan fingerprint density at radius 1 is 0.282 bits per heavy atom. The molecule has 0 atom stereocenters. The molecule has 0 spiro atoms. The summed E-state index contributed by atoms with van der Waals surface area (Å²) in [6, 6.07) is 29.4. The van der Waals surface area contributed by atoms with Crippen LogP contribution in [0.15, 0.2) is 78.2 Å². The van der Waals surface area contributed by atoms with Crippen molar-refractivity contribution in [2.45, 2.75) is 175 Å². The molecular formula is C69H80FeS8+2. The van der Waals surface area contributed by atoms with Gasteiger partial charge in [0.15, 0.2) is 0 Å². The second-order valence-corrected chi connectivity index (χ2v) is 29.3. The van der Waals surface area contributed by atoms with Gasteiger partial charge < -0.3 is 0 Å². The first-order valence-electron chi connectivity index (χ1n) is 29.2. The van der Waals surface area contributed by atoms with E-state index in [9.17, 15) is 0 Å². The third kappa shape index (κ3) is 17.6. The monoisotopic (exact) mass is 1220 g/mol. The average molecular weight is 1220 g/mol. The number of hydrogen-bond acceptors (Lipinski definition) is 8. The summed E-state index contributed by atoms with van der Waals surface area (Å²) in [6.07, 6.45) is 47.9. The number of aryl methyl sites for hydroxylation is 5. The minimum absolute atomic E-state index is 0. The maximum Gasteiger partial charge on any atom is 2.00 e. The van der Waals surface area contributed by atoms with Crippen LogP contribution >= 0.6 is 90.7 Å². The molecule has 10 radical (unpaired) electrons. The molecule has 0 bridgehead atoms. The van der Waals surface area contributed by atoms with Gasteiger partial charge in [-0.2, -0.15) is 0 Å². The molecule has 2 aliphatic carbocycles. The summed E-state index contributed by atoms with van der Waals surface area (Å²) in [5.41, 5.74) is 6.20. The zero-order valence-corrected chi connectivity index (χ0v) is 54.2. The molecule has 0 nitrogen and oxygen atoms in total. The van der Waals surface area contributed by atoms with Gasteiger partial charge in [0.05, 0.1) is 0 Å². The third-order valence-electron chi connectivity index (χ3n) is 14.6. The summed E-state index contributed by atoms with van der Waals surface area (Å²) < 4.78 is 0. The van der Waals surface area contributed by atoms with Crippen molar-refractivity contribution in [2.24, 2.45) is 0 Å². The van der Waals surface area contributed by atoms with Crippen LogP contribution in [0.5, 0.6) is 0 Å². The second-order valence-electron chi connectivity index (χ2n) is 20.8. The van der Waals surface area contributed by atoms with Crippen molar-refractivity contribution < 1.29 is 17.1 Å². The van der Waals surface area contributed by atoms with Crippen LogP contribution in [-0.2, 0) is 49.2 Å². The Kier molecular flexibility index (Phi) is 26.6. The van der Waals surface area contributed by atoms with E-state index in [1.165, 1.54) is 215 Å². The van der Waals surface area contributed by atoms with Gasteiger partial charge in [-0.15, -0.1) is 90.7 Å². The minimum atomic E-state index is 0. The number of unbranched alkanes of at least 4 members (excludes halogenated alkanes) is 12. The van der Waals surface area contributed by atoms with E-state index in [0.717, 1.165) is 12.8 Å². The molecule has 2 saturated carbocycles. The topological polar surface area (TPSA) is 0 Å². The summed E-state index contributed by atoms with van der Waals surface area (Å²) in [6.45, 7) is 9.28. The van der Waals surface area contributed by atoms with Crippen molar-refractivity contribution in [3.05, 3.63) is 169 Å². The van der Waals surface area contributed by atoms with Crippen molar-refractivity contribution in [1.82, 2.24) is 0 Å². The summed E-state index contributed by atoms with van der Waals surface area (Å²) in [5, 5.41) is 2.30. The molecule has 9 heteroatoms. The Hall–Kier alpha value is -1.88. The van der Waals surface area contributed by atoms with Crippen molar-refractivity contribution in [3.63, 3.8) is 0 Å². The van der Waals surface area contributed by atoms with Gasteiger partial charge in [0.25, 0.3) is 0 Å². The molecule has 410 valence electrons. The fourth-order valence-corrected chi connectivity index (χ4v) is 19.8. The van der Waals surface area contributed by atoms with Crippen molar-refractivity contribution in [3.8, 4) is 68.3 Å². The molecule has 0 saturated heterocycles. The fraction of sp³-hybridized carbons (Fsp3) is 0.391. The summed E-state index contributed by atoms with van der Waals surface area (Å²) in [5.74, 6) is 1.47. The van der Waals surface area contributed by atoms with Crippen LogP contribution < -0.4 is 0 Å². The van der Waals surface area contributed by atoms with Crippen LogP contribution in [0.25, 0.3) is 68.3 Å². The first-order valence-corrected chi connectivity index (χ1v) is 35.8. The molecule has 0 aromatic carbocycles. The zero-order valence-electron chi connectivity index (χ0n) is 46.6. The molecule has 78 heavy (non-hydrogen) atoms. The van der Waals surface area contributed by atoms with Gasteiger partial charge in [0, 0.05) is 73.2 Å². The first-order chi connectivity index (χ1) is 38.0.